The maximum absolute atomic E-state index is 6.28. The predicted octanol–water partition coefficient (Wildman–Crippen LogP) is 5.08. The molecule has 2 nitrogen and oxygen atoms in total. The molecule has 0 amide bonds. The highest BCUT2D eigenvalue weighted by atomic mass is 16.7. The van der Waals surface area contributed by atoms with Crippen molar-refractivity contribution in [3.8, 4) is 0 Å². The monoisotopic (exact) mass is 307 g/mol. The Kier molecular flexibility index (Phi) is 5.27. The van der Waals surface area contributed by atoms with Gasteiger partial charge < -0.3 is 0 Å². The van der Waals surface area contributed by atoms with E-state index in [4.69, 9.17) is 4.84 Å². The van der Waals surface area contributed by atoms with Gasteiger partial charge in [-0.15, -0.1) is 6.58 Å². The van der Waals surface area contributed by atoms with Crippen LogP contribution in [0.5, 0.6) is 0 Å². The van der Waals surface area contributed by atoms with E-state index in [1.54, 1.807) is 0 Å². The third-order valence-corrected chi connectivity index (χ3v) is 4.70. The van der Waals surface area contributed by atoms with Gasteiger partial charge in [0.2, 0.25) is 0 Å². The molecule has 0 aromatic heterocycles. The molecule has 3 rings (SSSR count). The molecule has 0 radical (unpaired) electrons. The minimum Gasteiger partial charge on any atom is -0.293 e. The van der Waals surface area contributed by atoms with Crippen LogP contribution < -0.4 is 0 Å². The van der Waals surface area contributed by atoms with Crippen molar-refractivity contribution < 1.29 is 4.84 Å². The number of rotatable bonds is 6. The third kappa shape index (κ3) is 3.54. The summed E-state index contributed by atoms with van der Waals surface area (Å²) in [5.41, 5.74) is 2.45. The first kappa shape index (κ1) is 16.0. The van der Waals surface area contributed by atoms with Gasteiger partial charge in [0.1, 0.15) is 0 Å². The molecule has 1 saturated heterocycles. The fraction of sp³-hybridized carbons (Fsp3) is 0.333. The van der Waals surface area contributed by atoms with Gasteiger partial charge in [-0.25, -0.2) is 0 Å². The molecule has 1 heterocycles. The highest BCUT2D eigenvalue weighted by molar-refractivity contribution is 5.26. The number of piperidine rings is 1. The van der Waals surface area contributed by atoms with Gasteiger partial charge in [-0.3, -0.25) is 4.84 Å². The number of hydrogen-bond donors (Lipinski definition) is 0. The van der Waals surface area contributed by atoms with Crippen molar-refractivity contribution in [3.05, 3.63) is 84.4 Å². The lowest BCUT2D eigenvalue weighted by molar-refractivity contribution is -0.249. The Morgan fingerprint density at radius 2 is 1.70 bits per heavy atom. The normalized spacial score (nSPS) is 21.9. The highest BCUT2D eigenvalue weighted by Crippen LogP contribution is 2.41. The Hall–Kier alpha value is -1.90. The Bertz CT molecular complexity index is 610. The van der Waals surface area contributed by atoms with Crippen LogP contribution >= 0.6 is 0 Å². The van der Waals surface area contributed by atoms with Gasteiger partial charge in [0.25, 0.3) is 0 Å². The van der Waals surface area contributed by atoms with Crippen LogP contribution in [0.4, 0.5) is 0 Å². The Balaban J connectivity index is 1.84. The van der Waals surface area contributed by atoms with Gasteiger partial charge >= 0.3 is 0 Å². The largest absolute Gasteiger partial charge is 0.293 e. The van der Waals surface area contributed by atoms with Crippen LogP contribution in [0.25, 0.3) is 0 Å². The third-order valence-electron chi connectivity index (χ3n) is 4.70. The minimum absolute atomic E-state index is 0.0873. The molecule has 1 aliphatic heterocycles. The van der Waals surface area contributed by atoms with Gasteiger partial charge in [0, 0.05) is 6.54 Å². The zero-order valence-corrected chi connectivity index (χ0v) is 13.7. The second kappa shape index (κ2) is 7.58. The molecular weight excluding hydrogens is 282 g/mol. The van der Waals surface area contributed by atoms with Crippen LogP contribution in [0, 0.1) is 0 Å². The molecule has 0 unspecified atom stereocenters. The lowest BCUT2D eigenvalue weighted by Crippen LogP contribution is -2.49. The maximum Gasteiger partial charge on any atom is 0.0936 e. The van der Waals surface area contributed by atoms with Gasteiger partial charge in [0.15, 0.2) is 0 Å². The van der Waals surface area contributed by atoms with Crippen molar-refractivity contribution in [3.63, 3.8) is 0 Å². The van der Waals surface area contributed by atoms with Gasteiger partial charge in [-0.05, 0) is 36.8 Å². The van der Waals surface area contributed by atoms with E-state index in [0.717, 1.165) is 19.4 Å². The molecule has 0 saturated carbocycles. The van der Waals surface area contributed by atoms with Crippen molar-refractivity contribution in [1.29, 1.82) is 0 Å². The summed E-state index contributed by atoms with van der Waals surface area (Å²) in [6.45, 7) is 5.58. The molecule has 0 N–H and O–H groups in total. The lowest BCUT2D eigenvalue weighted by atomic mass is 9.79. The molecule has 2 aromatic rings. The summed E-state index contributed by atoms with van der Waals surface area (Å²) < 4.78 is 0. The van der Waals surface area contributed by atoms with Crippen LogP contribution in [-0.4, -0.2) is 11.6 Å². The summed E-state index contributed by atoms with van der Waals surface area (Å²) in [7, 11) is 0. The van der Waals surface area contributed by atoms with Crippen molar-refractivity contribution in [2.45, 2.75) is 37.8 Å². The SMILES string of the molecule is C=CC[C@@]1(c2ccccc2)CCCCN1OCc1ccccc1. The highest BCUT2D eigenvalue weighted by Gasteiger charge is 2.40. The number of hydrogen-bond acceptors (Lipinski definition) is 2. The molecule has 2 aromatic carbocycles. The second-order valence-corrected chi connectivity index (χ2v) is 6.21. The van der Waals surface area contributed by atoms with E-state index in [2.05, 4.69) is 66.2 Å². The van der Waals surface area contributed by atoms with Crippen molar-refractivity contribution in [2.24, 2.45) is 0 Å². The topological polar surface area (TPSA) is 12.5 Å². The lowest BCUT2D eigenvalue weighted by Gasteiger charge is -2.46. The first-order valence-corrected chi connectivity index (χ1v) is 8.46. The predicted molar refractivity (Wildman–Crippen MR) is 94.7 cm³/mol. The average molecular weight is 307 g/mol. The summed E-state index contributed by atoms with van der Waals surface area (Å²) in [5, 5.41) is 2.21. The van der Waals surface area contributed by atoms with Gasteiger partial charge in [-0.2, -0.15) is 5.06 Å². The van der Waals surface area contributed by atoms with E-state index in [1.807, 2.05) is 12.1 Å². The van der Waals surface area contributed by atoms with E-state index < -0.39 is 0 Å². The summed E-state index contributed by atoms with van der Waals surface area (Å²) >= 11 is 0. The van der Waals surface area contributed by atoms with Crippen molar-refractivity contribution in [2.75, 3.05) is 6.54 Å². The van der Waals surface area contributed by atoms with Crippen LogP contribution in [0.3, 0.4) is 0 Å². The number of benzene rings is 2. The summed E-state index contributed by atoms with van der Waals surface area (Å²) in [6.07, 6.45) is 6.45. The van der Waals surface area contributed by atoms with Gasteiger partial charge in [-0.1, -0.05) is 66.7 Å². The summed E-state index contributed by atoms with van der Waals surface area (Å²) in [4.78, 5) is 6.28. The molecule has 1 aliphatic rings. The second-order valence-electron chi connectivity index (χ2n) is 6.21. The molecule has 1 atom stereocenters. The van der Waals surface area contributed by atoms with Crippen LogP contribution in [-0.2, 0) is 17.0 Å². The van der Waals surface area contributed by atoms with Crippen LogP contribution in [0.15, 0.2) is 73.3 Å². The van der Waals surface area contributed by atoms with E-state index in [-0.39, 0.29) is 5.54 Å². The minimum atomic E-state index is -0.0873. The number of nitrogens with zero attached hydrogens (tertiary/aromatic N) is 1. The van der Waals surface area contributed by atoms with E-state index in [1.165, 1.54) is 24.0 Å². The molecule has 120 valence electrons. The smallest absolute Gasteiger partial charge is 0.0936 e. The summed E-state index contributed by atoms with van der Waals surface area (Å²) in [5.74, 6) is 0. The molecule has 23 heavy (non-hydrogen) atoms. The summed E-state index contributed by atoms with van der Waals surface area (Å²) in [6, 6.07) is 21.1. The molecule has 1 fully saturated rings. The first-order chi connectivity index (χ1) is 11.3. The van der Waals surface area contributed by atoms with Gasteiger partial charge in [0.05, 0.1) is 12.1 Å². The Morgan fingerprint density at radius 3 is 2.39 bits per heavy atom. The molecule has 0 bridgehead atoms. The number of hydroxylamine groups is 2. The molecule has 2 heteroatoms. The van der Waals surface area contributed by atoms with Crippen LogP contribution in [0.1, 0.15) is 36.8 Å². The standard InChI is InChI=1S/C21H25NO/c1-2-15-21(20-13-7-4-8-14-20)16-9-10-17-22(21)23-18-19-11-5-3-6-12-19/h2-8,11-14H,1,9-10,15-18H2/t21-/m0/s1. The Morgan fingerprint density at radius 1 is 1.00 bits per heavy atom. The fourth-order valence-electron chi connectivity index (χ4n) is 3.52. The van der Waals surface area contributed by atoms with E-state index in [0.29, 0.717) is 6.61 Å². The van der Waals surface area contributed by atoms with E-state index in [9.17, 15) is 0 Å². The van der Waals surface area contributed by atoms with Crippen molar-refractivity contribution >= 4 is 0 Å². The fourth-order valence-corrected chi connectivity index (χ4v) is 3.52. The zero-order valence-electron chi connectivity index (χ0n) is 13.7. The maximum atomic E-state index is 6.28. The molecule has 0 aliphatic carbocycles. The molecular formula is C21H25NO. The average Bonchev–Trinajstić information content (AvgIpc) is 2.63. The van der Waals surface area contributed by atoms with Crippen molar-refractivity contribution in [1.82, 2.24) is 5.06 Å². The Labute approximate surface area is 139 Å². The first-order valence-electron chi connectivity index (χ1n) is 8.46. The zero-order chi connectivity index (χ0) is 16.0. The quantitative estimate of drug-likeness (QED) is 0.690. The van der Waals surface area contributed by atoms with Crippen LogP contribution in [0.2, 0.25) is 0 Å². The van der Waals surface area contributed by atoms with E-state index >= 15 is 0 Å². The molecule has 0 spiro atoms.